The normalized spacial score (nSPS) is 18.2. The molecule has 0 radical (unpaired) electrons. The van der Waals surface area contributed by atoms with Gasteiger partial charge in [-0.3, -0.25) is 9.78 Å². The third-order valence-electron chi connectivity index (χ3n) is 5.10. The number of amides is 1. The molecule has 2 heterocycles. The summed E-state index contributed by atoms with van der Waals surface area (Å²) >= 11 is 0. The zero-order chi connectivity index (χ0) is 21.5. The van der Waals surface area contributed by atoms with Crippen LogP contribution in [-0.4, -0.2) is 23.1 Å². The van der Waals surface area contributed by atoms with Crippen LogP contribution in [0.4, 0.5) is 0 Å². The first-order valence-corrected chi connectivity index (χ1v) is 10.2. The number of para-hydroxylation sites is 1. The number of hydrazone groups is 1. The molecule has 2 atom stereocenters. The van der Waals surface area contributed by atoms with E-state index in [1.807, 2.05) is 36.4 Å². The molecular formula is C24H25N5O2. The van der Waals surface area contributed by atoms with Gasteiger partial charge in [0.25, 0.3) is 5.91 Å². The lowest BCUT2D eigenvalue weighted by molar-refractivity contribution is -0.122. The van der Waals surface area contributed by atoms with Crippen LogP contribution < -0.4 is 21.0 Å². The fourth-order valence-corrected chi connectivity index (χ4v) is 3.38. The number of aromatic nitrogens is 1. The number of carbonyl (C=O) groups is 1. The maximum atomic E-state index is 12.5. The summed E-state index contributed by atoms with van der Waals surface area (Å²) < 4.78 is 6.09. The molecule has 31 heavy (non-hydrogen) atoms. The van der Waals surface area contributed by atoms with Crippen molar-refractivity contribution in [3.05, 3.63) is 95.3 Å². The number of hydrogen-bond acceptors (Lipinski definition) is 6. The van der Waals surface area contributed by atoms with E-state index in [9.17, 15) is 4.79 Å². The van der Waals surface area contributed by atoms with Crippen LogP contribution in [0.3, 0.4) is 0 Å². The maximum Gasteiger partial charge on any atom is 0.258 e. The molecule has 7 heteroatoms. The van der Waals surface area contributed by atoms with Gasteiger partial charge in [-0.05, 0) is 31.0 Å². The number of benzene rings is 2. The van der Waals surface area contributed by atoms with Crippen molar-refractivity contribution in [3.8, 4) is 5.75 Å². The number of hydrazine groups is 1. The highest BCUT2D eigenvalue weighted by Crippen LogP contribution is 2.30. The van der Waals surface area contributed by atoms with Gasteiger partial charge < -0.3 is 4.74 Å². The summed E-state index contributed by atoms with van der Waals surface area (Å²) in [6, 6.07) is 19.4. The summed E-state index contributed by atoms with van der Waals surface area (Å²) in [6.45, 7) is 2.56. The van der Waals surface area contributed by atoms with Crippen molar-refractivity contribution < 1.29 is 9.53 Å². The predicted molar refractivity (Wildman–Crippen MR) is 119 cm³/mol. The first kappa shape index (κ1) is 20.7. The Bertz CT molecular complexity index is 1040. The fourth-order valence-electron chi connectivity index (χ4n) is 3.38. The van der Waals surface area contributed by atoms with Gasteiger partial charge in [0.2, 0.25) is 0 Å². The average molecular weight is 415 g/mol. The van der Waals surface area contributed by atoms with Crippen LogP contribution in [-0.2, 0) is 11.4 Å². The summed E-state index contributed by atoms with van der Waals surface area (Å²) in [4.78, 5) is 16.5. The SMILES string of the molecule is Cc1ccc(COc2ccccc2C2CC(C(=O)N/N=C/c3cccnc3)NN2)cc1. The summed E-state index contributed by atoms with van der Waals surface area (Å²) in [5.41, 5.74) is 13.0. The molecule has 0 saturated carbocycles. The molecule has 1 aromatic heterocycles. The lowest BCUT2D eigenvalue weighted by atomic mass is 10.0. The lowest BCUT2D eigenvalue weighted by Crippen LogP contribution is -2.41. The van der Waals surface area contributed by atoms with E-state index < -0.39 is 6.04 Å². The van der Waals surface area contributed by atoms with Gasteiger partial charge in [0.15, 0.2) is 0 Å². The van der Waals surface area contributed by atoms with Crippen molar-refractivity contribution in [3.63, 3.8) is 0 Å². The number of hydrogen-bond donors (Lipinski definition) is 3. The Morgan fingerprint density at radius 2 is 2.00 bits per heavy atom. The van der Waals surface area contributed by atoms with Crippen LogP contribution in [0.2, 0.25) is 0 Å². The van der Waals surface area contributed by atoms with E-state index in [2.05, 4.69) is 57.6 Å². The van der Waals surface area contributed by atoms with E-state index in [1.165, 1.54) is 5.56 Å². The third-order valence-corrected chi connectivity index (χ3v) is 5.10. The fraction of sp³-hybridized carbons (Fsp3) is 0.208. The van der Waals surface area contributed by atoms with Crippen LogP contribution in [0.1, 0.15) is 34.7 Å². The number of pyridine rings is 1. The molecule has 3 aromatic rings. The van der Waals surface area contributed by atoms with Crippen LogP contribution in [0, 0.1) is 6.92 Å². The number of nitrogens with zero attached hydrogens (tertiary/aromatic N) is 2. The molecule has 7 nitrogen and oxygen atoms in total. The third kappa shape index (κ3) is 5.53. The molecule has 2 unspecified atom stereocenters. The van der Waals surface area contributed by atoms with Crippen molar-refractivity contribution in [2.24, 2.45) is 5.10 Å². The highest BCUT2D eigenvalue weighted by molar-refractivity contribution is 5.84. The Balaban J connectivity index is 1.35. The number of nitrogens with one attached hydrogen (secondary N) is 3. The lowest BCUT2D eigenvalue weighted by Gasteiger charge is -2.16. The van der Waals surface area contributed by atoms with E-state index in [4.69, 9.17) is 4.74 Å². The quantitative estimate of drug-likeness (QED) is 0.408. The number of carbonyl (C=O) groups excluding carboxylic acids is 1. The topological polar surface area (TPSA) is 87.6 Å². The van der Waals surface area contributed by atoms with Crippen LogP contribution >= 0.6 is 0 Å². The molecule has 0 aliphatic carbocycles. The maximum absolute atomic E-state index is 12.5. The molecule has 1 aliphatic rings. The monoisotopic (exact) mass is 415 g/mol. The van der Waals surface area contributed by atoms with Gasteiger partial charge in [-0.2, -0.15) is 5.10 Å². The summed E-state index contributed by atoms with van der Waals surface area (Å²) in [7, 11) is 0. The van der Waals surface area contributed by atoms with Crippen LogP contribution in [0.5, 0.6) is 5.75 Å². The van der Waals surface area contributed by atoms with Crippen molar-refractivity contribution in [1.29, 1.82) is 0 Å². The first-order valence-electron chi connectivity index (χ1n) is 10.2. The molecule has 1 saturated heterocycles. The van der Waals surface area contributed by atoms with E-state index in [1.54, 1.807) is 18.6 Å². The van der Waals surface area contributed by atoms with Crippen LogP contribution in [0.25, 0.3) is 0 Å². The first-order chi connectivity index (χ1) is 15.2. The molecular weight excluding hydrogens is 390 g/mol. The van der Waals surface area contributed by atoms with Crippen molar-refractivity contribution in [1.82, 2.24) is 21.3 Å². The van der Waals surface area contributed by atoms with Gasteiger partial charge >= 0.3 is 0 Å². The molecule has 1 aliphatic heterocycles. The van der Waals surface area contributed by atoms with Crippen LogP contribution in [0.15, 0.2) is 78.2 Å². The molecule has 3 N–H and O–H groups in total. The molecule has 2 aromatic carbocycles. The Labute approximate surface area is 181 Å². The largest absolute Gasteiger partial charge is 0.489 e. The Kier molecular flexibility index (Phi) is 6.66. The zero-order valence-electron chi connectivity index (χ0n) is 17.3. The van der Waals surface area contributed by atoms with E-state index in [0.29, 0.717) is 13.0 Å². The van der Waals surface area contributed by atoms with Gasteiger partial charge in [-0.15, -0.1) is 0 Å². The highest BCUT2D eigenvalue weighted by atomic mass is 16.5. The number of aryl methyl sites for hydroxylation is 1. The van der Waals surface area contributed by atoms with Gasteiger partial charge in [0.1, 0.15) is 18.4 Å². The molecule has 4 rings (SSSR count). The van der Waals surface area contributed by atoms with Crippen molar-refractivity contribution in [2.45, 2.75) is 32.0 Å². The Hall–Kier alpha value is -3.55. The standard InChI is InChI=1S/C24H25N5O2/c1-17-8-10-18(11-9-17)16-31-23-7-3-2-6-20(23)21-13-22(28-27-21)24(30)29-26-15-19-5-4-12-25-14-19/h2-12,14-15,21-22,27-28H,13,16H2,1H3,(H,29,30)/b26-15+. The van der Waals surface area contributed by atoms with Crippen molar-refractivity contribution >= 4 is 12.1 Å². The summed E-state index contributed by atoms with van der Waals surface area (Å²) in [6.07, 6.45) is 5.51. The van der Waals surface area contributed by atoms with Gasteiger partial charge in [0, 0.05) is 23.5 Å². The van der Waals surface area contributed by atoms with E-state index >= 15 is 0 Å². The molecule has 1 fully saturated rings. The minimum Gasteiger partial charge on any atom is -0.489 e. The van der Waals surface area contributed by atoms with E-state index in [-0.39, 0.29) is 11.9 Å². The number of ether oxygens (including phenoxy) is 1. The zero-order valence-corrected chi connectivity index (χ0v) is 17.3. The number of rotatable bonds is 7. The minimum atomic E-state index is -0.402. The Morgan fingerprint density at radius 3 is 2.81 bits per heavy atom. The molecule has 0 bridgehead atoms. The second-order valence-corrected chi connectivity index (χ2v) is 7.46. The second-order valence-electron chi connectivity index (χ2n) is 7.46. The predicted octanol–water partition coefficient (Wildman–Crippen LogP) is 3.03. The second kappa shape index (κ2) is 9.97. The van der Waals surface area contributed by atoms with E-state index in [0.717, 1.165) is 22.4 Å². The minimum absolute atomic E-state index is 0.0488. The Morgan fingerprint density at radius 1 is 1.16 bits per heavy atom. The van der Waals surface area contributed by atoms with Gasteiger partial charge in [-0.25, -0.2) is 16.3 Å². The molecule has 158 valence electrons. The van der Waals surface area contributed by atoms with Crippen molar-refractivity contribution in [2.75, 3.05) is 0 Å². The smallest absolute Gasteiger partial charge is 0.258 e. The summed E-state index contributed by atoms with van der Waals surface area (Å²) in [5, 5.41) is 4.01. The highest BCUT2D eigenvalue weighted by Gasteiger charge is 2.31. The summed E-state index contributed by atoms with van der Waals surface area (Å²) in [5.74, 6) is 0.603. The average Bonchev–Trinajstić information content (AvgIpc) is 3.30. The van der Waals surface area contributed by atoms with Gasteiger partial charge in [-0.1, -0.05) is 54.1 Å². The van der Waals surface area contributed by atoms with Gasteiger partial charge in [0.05, 0.1) is 12.3 Å². The molecule has 1 amide bonds. The molecule has 0 spiro atoms.